The smallest absolute Gasteiger partial charge is 0.269 e. The highest BCUT2D eigenvalue weighted by Crippen LogP contribution is 2.41. The van der Waals surface area contributed by atoms with Gasteiger partial charge < -0.3 is 21.1 Å². The number of para-hydroxylation sites is 1. The van der Waals surface area contributed by atoms with Crippen molar-refractivity contribution < 1.29 is 9.53 Å². The number of aromatic nitrogens is 2. The number of anilines is 1. The van der Waals surface area contributed by atoms with Gasteiger partial charge in [-0.05, 0) is 49.2 Å². The van der Waals surface area contributed by atoms with Crippen molar-refractivity contribution in [3.8, 4) is 17.2 Å². The molecule has 0 aliphatic carbocycles. The zero-order valence-electron chi connectivity index (χ0n) is 17.7. The van der Waals surface area contributed by atoms with Crippen molar-refractivity contribution in [2.75, 3.05) is 25.0 Å². The number of hydrogen-bond acceptors (Lipinski definition) is 6. The Morgan fingerprint density at radius 2 is 1.88 bits per heavy atom. The molecular formula is C24H26N6O2. The van der Waals surface area contributed by atoms with Gasteiger partial charge in [0.2, 0.25) is 0 Å². The molecule has 2 fully saturated rings. The summed E-state index contributed by atoms with van der Waals surface area (Å²) in [6, 6.07) is 18.5. The molecule has 4 heterocycles. The molecule has 3 aliphatic heterocycles. The van der Waals surface area contributed by atoms with Gasteiger partial charge in [-0.15, -0.1) is 0 Å². The van der Waals surface area contributed by atoms with E-state index in [-0.39, 0.29) is 6.04 Å². The first-order valence-electron chi connectivity index (χ1n) is 11.2. The van der Waals surface area contributed by atoms with E-state index in [1.165, 1.54) is 6.42 Å². The Kier molecular flexibility index (Phi) is 4.62. The number of primary amides is 1. The van der Waals surface area contributed by atoms with Gasteiger partial charge in [0.1, 0.15) is 17.2 Å². The molecule has 8 heteroatoms. The van der Waals surface area contributed by atoms with Crippen LogP contribution >= 0.6 is 0 Å². The number of nitrogens with two attached hydrogens (primary N) is 1. The van der Waals surface area contributed by atoms with Crippen molar-refractivity contribution in [3.05, 3.63) is 66.0 Å². The molecular weight excluding hydrogens is 404 g/mol. The van der Waals surface area contributed by atoms with Crippen LogP contribution in [0.25, 0.3) is 5.69 Å². The Balaban J connectivity index is 1.34. The molecule has 6 rings (SSSR count). The van der Waals surface area contributed by atoms with E-state index in [2.05, 4.69) is 15.5 Å². The number of likely N-dealkylation sites (tertiary alicyclic amines) is 1. The number of hydrogen-bond donors (Lipinski definition) is 3. The van der Waals surface area contributed by atoms with E-state index in [0.717, 1.165) is 48.9 Å². The number of ether oxygens (including phenoxy) is 1. The van der Waals surface area contributed by atoms with Crippen LogP contribution in [0.1, 0.15) is 35.1 Å². The largest absolute Gasteiger partial charge is 0.457 e. The number of piperazine rings is 1. The highest BCUT2D eigenvalue weighted by molar-refractivity contribution is 5.98. The first-order valence-corrected chi connectivity index (χ1v) is 11.2. The van der Waals surface area contributed by atoms with E-state index < -0.39 is 5.91 Å². The molecule has 1 amide bonds. The lowest BCUT2D eigenvalue weighted by Gasteiger charge is -2.36. The second kappa shape index (κ2) is 7.65. The monoisotopic (exact) mass is 430 g/mol. The molecule has 0 spiro atoms. The molecule has 32 heavy (non-hydrogen) atoms. The van der Waals surface area contributed by atoms with E-state index in [0.29, 0.717) is 23.5 Å². The number of nitrogens with one attached hydrogen (secondary N) is 2. The van der Waals surface area contributed by atoms with Crippen LogP contribution in [0.3, 0.4) is 0 Å². The Morgan fingerprint density at radius 3 is 2.56 bits per heavy atom. The molecule has 0 radical (unpaired) electrons. The fourth-order valence-electron chi connectivity index (χ4n) is 5.31. The molecule has 3 atom stereocenters. The molecule has 164 valence electrons. The number of carbonyl (C=O) groups is 1. The van der Waals surface area contributed by atoms with E-state index in [1.807, 2.05) is 54.6 Å². The van der Waals surface area contributed by atoms with Crippen molar-refractivity contribution in [2.24, 2.45) is 5.73 Å². The summed E-state index contributed by atoms with van der Waals surface area (Å²) in [5.74, 6) is 1.00. The summed E-state index contributed by atoms with van der Waals surface area (Å²) in [6.45, 7) is 2.85. The first kappa shape index (κ1) is 19.3. The summed E-state index contributed by atoms with van der Waals surface area (Å²) in [5.41, 5.74) is 8.70. The van der Waals surface area contributed by atoms with E-state index in [1.54, 1.807) is 4.68 Å². The molecule has 2 bridgehead atoms. The average Bonchev–Trinajstić information content (AvgIpc) is 3.54. The molecule has 1 aromatic heterocycles. The number of amides is 1. The van der Waals surface area contributed by atoms with Crippen molar-refractivity contribution >= 4 is 11.6 Å². The lowest BCUT2D eigenvalue weighted by molar-refractivity contribution is 0.0993. The molecule has 0 saturated carbocycles. The summed E-state index contributed by atoms with van der Waals surface area (Å²) in [4.78, 5) is 15.0. The van der Waals surface area contributed by atoms with Gasteiger partial charge in [-0.2, -0.15) is 5.10 Å². The normalized spacial score (nSPS) is 24.2. The molecule has 2 saturated heterocycles. The van der Waals surface area contributed by atoms with Crippen LogP contribution < -0.4 is 21.1 Å². The number of carbonyl (C=O) groups excluding carboxylic acids is 1. The quantitative estimate of drug-likeness (QED) is 0.576. The Morgan fingerprint density at radius 1 is 1.09 bits per heavy atom. The summed E-state index contributed by atoms with van der Waals surface area (Å²) < 4.78 is 7.57. The molecule has 4 N–H and O–H groups in total. The maximum absolute atomic E-state index is 12.5. The Hall–Kier alpha value is -3.36. The van der Waals surface area contributed by atoms with Gasteiger partial charge in [-0.1, -0.05) is 18.2 Å². The average molecular weight is 431 g/mol. The van der Waals surface area contributed by atoms with Crippen LogP contribution in [-0.4, -0.2) is 52.3 Å². The lowest BCUT2D eigenvalue weighted by Crippen LogP contribution is -2.46. The number of nitrogens with zero attached hydrogens (tertiary/aromatic N) is 3. The standard InChI is InChI=1S/C24H26N6O2/c25-24(31)23-22-21(20(10-11-26-22)29-14-15-12-17(29)13-27-15)28-30(23)16-6-8-19(9-7-16)32-18-4-2-1-3-5-18/h1-9,15,17,20,26-27H,10-14H2,(H2,25,31)/t15-,17-,20?/m1/s1. The van der Waals surface area contributed by atoms with Crippen molar-refractivity contribution in [1.82, 2.24) is 20.0 Å². The molecule has 3 aromatic rings. The number of fused-ring (bicyclic) bond motifs is 3. The third kappa shape index (κ3) is 3.23. The zero-order valence-corrected chi connectivity index (χ0v) is 17.7. The first-order chi connectivity index (χ1) is 15.7. The number of benzene rings is 2. The van der Waals surface area contributed by atoms with Gasteiger partial charge in [-0.3, -0.25) is 9.69 Å². The Bertz CT molecular complexity index is 1140. The van der Waals surface area contributed by atoms with Crippen molar-refractivity contribution in [3.63, 3.8) is 0 Å². The summed E-state index contributed by atoms with van der Waals surface area (Å²) in [5, 5.41) is 11.9. The SMILES string of the molecule is NC(=O)c1c2c(nn1-c1ccc(Oc3ccccc3)cc1)C(N1C[C@H]3C[C@@H]1CN3)CCN2. The van der Waals surface area contributed by atoms with Crippen molar-refractivity contribution in [2.45, 2.75) is 31.0 Å². The van der Waals surface area contributed by atoms with Gasteiger partial charge in [0, 0.05) is 31.7 Å². The van der Waals surface area contributed by atoms with E-state index >= 15 is 0 Å². The highest BCUT2D eigenvalue weighted by Gasteiger charge is 2.44. The molecule has 3 aliphatic rings. The fourth-order valence-corrected chi connectivity index (χ4v) is 5.31. The van der Waals surface area contributed by atoms with Crippen LogP contribution in [-0.2, 0) is 0 Å². The van der Waals surface area contributed by atoms with E-state index in [4.69, 9.17) is 15.6 Å². The van der Waals surface area contributed by atoms with Gasteiger partial charge >= 0.3 is 0 Å². The van der Waals surface area contributed by atoms with Crippen LogP contribution in [0, 0.1) is 0 Å². The van der Waals surface area contributed by atoms with Gasteiger partial charge in [0.15, 0.2) is 5.69 Å². The minimum Gasteiger partial charge on any atom is -0.457 e. The molecule has 8 nitrogen and oxygen atoms in total. The summed E-state index contributed by atoms with van der Waals surface area (Å²) in [7, 11) is 0. The van der Waals surface area contributed by atoms with Crippen LogP contribution in [0.4, 0.5) is 5.69 Å². The lowest BCUT2D eigenvalue weighted by atomic mass is 10.0. The third-order valence-electron chi connectivity index (χ3n) is 6.74. The van der Waals surface area contributed by atoms with Crippen LogP contribution in [0.5, 0.6) is 11.5 Å². The predicted octanol–water partition coefficient (Wildman–Crippen LogP) is 2.67. The summed E-state index contributed by atoms with van der Waals surface area (Å²) in [6.07, 6.45) is 2.15. The maximum atomic E-state index is 12.5. The minimum absolute atomic E-state index is 0.198. The minimum atomic E-state index is -0.485. The second-order valence-corrected chi connectivity index (χ2v) is 8.72. The van der Waals surface area contributed by atoms with E-state index in [9.17, 15) is 4.79 Å². The predicted molar refractivity (Wildman–Crippen MR) is 121 cm³/mol. The maximum Gasteiger partial charge on any atom is 0.269 e. The highest BCUT2D eigenvalue weighted by atomic mass is 16.5. The summed E-state index contributed by atoms with van der Waals surface area (Å²) >= 11 is 0. The second-order valence-electron chi connectivity index (χ2n) is 8.72. The van der Waals surface area contributed by atoms with Crippen LogP contribution in [0.15, 0.2) is 54.6 Å². The fraction of sp³-hybridized carbons (Fsp3) is 0.333. The molecule has 2 aromatic carbocycles. The topological polar surface area (TPSA) is 97.4 Å². The van der Waals surface area contributed by atoms with Gasteiger partial charge in [0.05, 0.1) is 17.4 Å². The Labute approximate surface area is 186 Å². The van der Waals surface area contributed by atoms with Crippen LogP contribution in [0.2, 0.25) is 0 Å². The van der Waals surface area contributed by atoms with Gasteiger partial charge in [0.25, 0.3) is 5.91 Å². The van der Waals surface area contributed by atoms with Crippen molar-refractivity contribution in [1.29, 1.82) is 0 Å². The molecule has 1 unspecified atom stereocenters. The third-order valence-corrected chi connectivity index (χ3v) is 6.74. The zero-order chi connectivity index (χ0) is 21.7. The van der Waals surface area contributed by atoms with Gasteiger partial charge in [-0.25, -0.2) is 4.68 Å². The number of rotatable bonds is 5.